The second-order valence-electron chi connectivity index (χ2n) is 5.80. The fourth-order valence-corrected chi connectivity index (χ4v) is 2.66. The van der Waals surface area contributed by atoms with Crippen LogP contribution in [0.3, 0.4) is 0 Å². The molecule has 4 heteroatoms. The standard InChI is InChI=1S/C15H22O4/c1-10-13(19-14(2,3)18-10)15(4,17)12(16)11-8-6-5-7-9-11/h5-10,12-13,16-17H,1-4H3/t10-,12-,13-,15+/m0/s1. The Balaban J connectivity index is 2.23. The second kappa shape index (κ2) is 4.87. The van der Waals surface area contributed by atoms with Gasteiger partial charge in [0.2, 0.25) is 0 Å². The van der Waals surface area contributed by atoms with Crippen molar-refractivity contribution in [1.29, 1.82) is 0 Å². The molecule has 19 heavy (non-hydrogen) atoms. The Kier molecular flexibility index (Phi) is 3.71. The summed E-state index contributed by atoms with van der Waals surface area (Å²) in [6.07, 6.45) is -1.90. The molecule has 1 aromatic rings. The number of benzene rings is 1. The summed E-state index contributed by atoms with van der Waals surface area (Å²) in [5.41, 5.74) is -0.762. The third-order valence-corrected chi connectivity index (χ3v) is 3.55. The van der Waals surface area contributed by atoms with Crippen LogP contribution in [0, 0.1) is 0 Å². The predicted octanol–water partition coefficient (Wildman–Crippen LogP) is 2.01. The third kappa shape index (κ3) is 2.82. The highest BCUT2D eigenvalue weighted by molar-refractivity contribution is 5.21. The van der Waals surface area contributed by atoms with Crippen LogP contribution in [0.15, 0.2) is 30.3 Å². The van der Waals surface area contributed by atoms with Crippen molar-refractivity contribution in [3.8, 4) is 0 Å². The maximum atomic E-state index is 10.7. The van der Waals surface area contributed by atoms with Gasteiger partial charge in [0.15, 0.2) is 5.79 Å². The average Bonchev–Trinajstić information content (AvgIpc) is 2.63. The minimum atomic E-state index is -1.42. The van der Waals surface area contributed by atoms with Crippen LogP contribution < -0.4 is 0 Å². The van der Waals surface area contributed by atoms with Gasteiger partial charge in [-0.05, 0) is 33.3 Å². The highest BCUT2D eigenvalue weighted by Gasteiger charge is 2.51. The molecule has 0 aliphatic carbocycles. The van der Waals surface area contributed by atoms with Crippen LogP contribution in [0.25, 0.3) is 0 Å². The molecule has 106 valence electrons. The van der Waals surface area contributed by atoms with Gasteiger partial charge in [0.25, 0.3) is 0 Å². The molecule has 1 saturated heterocycles. The molecule has 0 spiro atoms. The van der Waals surface area contributed by atoms with Crippen LogP contribution in [0.2, 0.25) is 0 Å². The molecule has 0 aromatic heterocycles. The van der Waals surface area contributed by atoms with Crippen molar-refractivity contribution >= 4 is 0 Å². The fourth-order valence-electron chi connectivity index (χ4n) is 2.66. The summed E-state index contributed by atoms with van der Waals surface area (Å²) in [6, 6.07) is 9.09. The van der Waals surface area contributed by atoms with Crippen molar-refractivity contribution in [3.05, 3.63) is 35.9 Å². The average molecular weight is 266 g/mol. The van der Waals surface area contributed by atoms with Crippen LogP contribution in [0.5, 0.6) is 0 Å². The lowest BCUT2D eigenvalue weighted by atomic mass is 9.85. The van der Waals surface area contributed by atoms with E-state index in [0.29, 0.717) is 5.56 Å². The van der Waals surface area contributed by atoms with E-state index < -0.39 is 23.6 Å². The van der Waals surface area contributed by atoms with Gasteiger partial charge in [-0.1, -0.05) is 30.3 Å². The van der Waals surface area contributed by atoms with Crippen molar-refractivity contribution in [2.24, 2.45) is 0 Å². The molecule has 4 atom stereocenters. The molecule has 1 aromatic carbocycles. The quantitative estimate of drug-likeness (QED) is 0.878. The Morgan fingerprint density at radius 2 is 1.79 bits per heavy atom. The van der Waals surface area contributed by atoms with Gasteiger partial charge in [-0.15, -0.1) is 0 Å². The van der Waals surface area contributed by atoms with Gasteiger partial charge in [-0.2, -0.15) is 0 Å². The Labute approximate surface area is 114 Å². The minimum absolute atomic E-state index is 0.289. The van der Waals surface area contributed by atoms with E-state index in [9.17, 15) is 10.2 Å². The number of aliphatic hydroxyl groups is 2. The molecule has 1 aliphatic heterocycles. The first-order valence-electron chi connectivity index (χ1n) is 6.55. The van der Waals surface area contributed by atoms with Crippen LogP contribution >= 0.6 is 0 Å². The first-order valence-corrected chi connectivity index (χ1v) is 6.55. The number of hydrogen-bond acceptors (Lipinski definition) is 4. The van der Waals surface area contributed by atoms with Crippen molar-refractivity contribution in [2.45, 2.75) is 57.4 Å². The number of hydrogen-bond donors (Lipinski definition) is 2. The minimum Gasteiger partial charge on any atom is -0.385 e. The SMILES string of the molecule is C[C@@H]1OC(C)(C)O[C@@H]1[C@](C)(O)[C@@H](O)c1ccccc1. The lowest BCUT2D eigenvalue weighted by Gasteiger charge is -2.35. The van der Waals surface area contributed by atoms with Crippen molar-refractivity contribution in [3.63, 3.8) is 0 Å². The lowest BCUT2D eigenvalue weighted by Crippen LogP contribution is -2.49. The van der Waals surface area contributed by atoms with Crippen LogP contribution in [-0.4, -0.2) is 33.8 Å². The number of rotatable bonds is 3. The predicted molar refractivity (Wildman–Crippen MR) is 71.5 cm³/mol. The van der Waals surface area contributed by atoms with Crippen molar-refractivity contribution in [1.82, 2.24) is 0 Å². The largest absolute Gasteiger partial charge is 0.385 e. The third-order valence-electron chi connectivity index (χ3n) is 3.55. The fraction of sp³-hybridized carbons (Fsp3) is 0.600. The van der Waals surface area contributed by atoms with Gasteiger partial charge < -0.3 is 19.7 Å². The molecule has 1 fully saturated rings. The van der Waals surface area contributed by atoms with Gasteiger partial charge in [-0.3, -0.25) is 0 Å². The van der Waals surface area contributed by atoms with E-state index >= 15 is 0 Å². The van der Waals surface area contributed by atoms with Gasteiger partial charge in [-0.25, -0.2) is 0 Å². The molecule has 4 nitrogen and oxygen atoms in total. The van der Waals surface area contributed by atoms with E-state index in [-0.39, 0.29) is 6.10 Å². The first kappa shape index (κ1) is 14.5. The summed E-state index contributed by atoms with van der Waals surface area (Å²) in [4.78, 5) is 0. The molecule has 1 heterocycles. The van der Waals surface area contributed by atoms with E-state index in [1.165, 1.54) is 0 Å². The summed E-state index contributed by atoms with van der Waals surface area (Å²) in [5, 5.41) is 21.1. The first-order chi connectivity index (χ1) is 8.74. The Morgan fingerprint density at radius 3 is 2.26 bits per heavy atom. The zero-order chi connectivity index (χ0) is 14.3. The van der Waals surface area contributed by atoms with Gasteiger partial charge in [0.05, 0.1) is 6.10 Å². The van der Waals surface area contributed by atoms with Gasteiger partial charge in [0.1, 0.15) is 17.8 Å². The van der Waals surface area contributed by atoms with Gasteiger partial charge >= 0.3 is 0 Å². The topological polar surface area (TPSA) is 58.9 Å². The summed E-state index contributed by atoms with van der Waals surface area (Å²) >= 11 is 0. The van der Waals surface area contributed by atoms with E-state index in [0.717, 1.165) is 0 Å². The van der Waals surface area contributed by atoms with Gasteiger partial charge in [0, 0.05) is 0 Å². The summed E-state index contributed by atoms with van der Waals surface area (Å²) in [7, 11) is 0. The van der Waals surface area contributed by atoms with Crippen LogP contribution in [-0.2, 0) is 9.47 Å². The maximum absolute atomic E-state index is 10.7. The normalized spacial score (nSPS) is 30.8. The molecule has 0 unspecified atom stereocenters. The Hall–Kier alpha value is -0.940. The van der Waals surface area contributed by atoms with Crippen LogP contribution in [0.4, 0.5) is 0 Å². The van der Waals surface area contributed by atoms with E-state index in [4.69, 9.17) is 9.47 Å². The summed E-state index contributed by atoms with van der Waals surface area (Å²) < 4.78 is 11.4. The van der Waals surface area contributed by atoms with E-state index in [1.807, 2.05) is 25.1 Å². The molecule has 2 N–H and O–H groups in total. The monoisotopic (exact) mass is 266 g/mol. The number of aliphatic hydroxyl groups excluding tert-OH is 1. The highest BCUT2D eigenvalue weighted by Crippen LogP contribution is 2.39. The molecule has 0 amide bonds. The molecular formula is C15H22O4. The molecule has 0 bridgehead atoms. The molecule has 1 aliphatic rings. The molecule has 0 saturated carbocycles. The van der Waals surface area contributed by atoms with Crippen molar-refractivity contribution in [2.75, 3.05) is 0 Å². The molecule has 0 radical (unpaired) electrons. The summed E-state index contributed by atoms with van der Waals surface area (Å²) in [5.74, 6) is -0.746. The zero-order valence-corrected chi connectivity index (χ0v) is 11.8. The smallest absolute Gasteiger partial charge is 0.163 e. The Bertz CT molecular complexity index is 427. The van der Waals surface area contributed by atoms with Crippen LogP contribution in [0.1, 0.15) is 39.4 Å². The zero-order valence-electron chi connectivity index (χ0n) is 11.8. The van der Waals surface area contributed by atoms with Crippen molar-refractivity contribution < 1.29 is 19.7 Å². The molecular weight excluding hydrogens is 244 g/mol. The second-order valence-corrected chi connectivity index (χ2v) is 5.80. The molecule has 2 rings (SSSR count). The Morgan fingerprint density at radius 1 is 1.21 bits per heavy atom. The van der Waals surface area contributed by atoms with E-state index in [1.54, 1.807) is 32.9 Å². The maximum Gasteiger partial charge on any atom is 0.163 e. The lowest BCUT2D eigenvalue weighted by molar-refractivity contribution is -0.189. The van der Waals surface area contributed by atoms with E-state index in [2.05, 4.69) is 0 Å². The summed E-state index contributed by atoms with van der Waals surface area (Å²) in [6.45, 7) is 7.02. The highest BCUT2D eigenvalue weighted by atomic mass is 16.8. The number of ether oxygens (including phenoxy) is 2.